The van der Waals surface area contributed by atoms with Crippen molar-refractivity contribution >= 4 is 23.4 Å². The Balaban J connectivity index is 2.09. The Bertz CT molecular complexity index is 975. The summed E-state index contributed by atoms with van der Waals surface area (Å²) in [4.78, 5) is 39.9. The van der Waals surface area contributed by atoms with Crippen LogP contribution < -0.4 is 10.6 Å². The molecule has 2 N–H and O–H groups in total. The molecule has 32 heavy (non-hydrogen) atoms. The van der Waals surface area contributed by atoms with E-state index in [1.165, 1.54) is 4.90 Å². The van der Waals surface area contributed by atoms with E-state index in [0.717, 1.165) is 27.9 Å². The number of nitrogens with zero attached hydrogens (tertiary/aromatic N) is 1. The molecule has 1 atom stereocenters. The number of carbonyl (C=O) groups is 3. The van der Waals surface area contributed by atoms with Gasteiger partial charge in [-0.25, -0.2) is 0 Å². The normalized spacial score (nSPS) is 11.8. The summed E-state index contributed by atoms with van der Waals surface area (Å²) >= 11 is 0. The number of likely N-dealkylation sites (N-methyl/N-ethyl adjacent to an activating group) is 1. The lowest BCUT2D eigenvalue weighted by molar-refractivity contribution is -0.135. The number of hydrogen-bond acceptors (Lipinski definition) is 3. The molecule has 0 radical (unpaired) electrons. The predicted octanol–water partition coefficient (Wildman–Crippen LogP) is 4.16. The fourth-order valence-electron chi connectivity index (χ4n) is 3.87. The molecule has 0 aliphatic carbocycles. The first-order valence-corrected chi connectivity index (χ1v) is 11.0. The van der Waals surface area contributed by atoms with Crippen molar-refractivity contribution in [1.29, 1.82) is 0 Å². The summed E-state index contributed by atoms with van der Waals surface area (Å²) in [6.07, 6.45) is 0.485. The fourth-order valence-corrected chi connectivity index (χ4v) is 3.87. The number of carbonyl (C=O) groups excluding carboxylic acids is 3. The van der Waals surface area contributed by atoms with Crippen LogP contribution in [0.4, 0.5) is 5.69 Å². The number of amides is 3. The van der Waals surface area contributed by atoms with Gasteiger partial charge in [0.25, 0.3) is 5.91 Å². The molecule has 6 heteroatoms. The minimum Gasteiger partial charge on any atom is -0.340 e. The van der Waals surface area contributed by atoms with Crippen molar-refractivity contribution in [2.75, 3.05) is 18.9 Å². The van der Waals surface area contributed by atoms with E-state index in [4.69, 9.17) is 0 Å². The Hall–Kier alpha value is -3.15. The van der Waals surface area contributed by atoms with Crippen molar-refractivity contribution in [1.82, 2.24) is 10.2 Å². The van der Waals surface area contributed by atoms with Crippen LogP contribution in [0.5, 0.6) is 0 Å². The highest BCUT2D eigenvalue weighted by Crippen LogP contribution is 2.22. The predicted molar refractivity (Wildman–Crippen MR) is 129 cm³/mol. The first kappa shape index (κ1) is 25.1. The van der Waals surface area contributed by atoms with E-state index in [9.17, 15) is 14.4 Å². The molecule has 2 aromatic carbocycles. The maximum atomic E-state index is 13.1. The fraction of sp³-hybridized carbons (Fsp3) is 0.423. The largest absolute Gasteiger partial charge is 0.340 e. The summed E-state index contributed by atoms with van der Waals surface area (Å²) in [6.45, 7) is 11.7. The Labute approximate surface area is 191 Å². The quantitative estimate of drug-likeness (QED) is 0.651. The molecule has 3 amide bonds. The molecule has 0 bridgehead atoms. The van der Waals surface area contributed by atoms with Crippen molar-refractivity contribution in [2.45, 2.75) is 54.0 Å². The van der Waals surface area contributed by atoms with E-state index in [1.54, 1.807) is 19.2 Å². The summed E-state index contributed by atoms with van der Waals surface area (Å²) in [5.41, 5.74) is 5.25. The second-order valence-corrected chi connectivity index (χ2v) is 8.99. The van der Waals surface area contributed by atoms with Gasteiger partial charge in [-0.3, -0.25) is 14.4 Å². The van der Waals surface area contributed by atoms with Gasteiger partial charge in [-0.2, -0.15) is 0 Å². The van der Waals surface area contributed by atoms with Gasteiger partial charge >= 0.3 is 0 Å². The van der Waals surface area contributed by atoms with Crippen molar-refractivity contribution in [3.05, 3.63) is 64.2 Å². The van der Waals surface area contributed by atoms with Gasteiger partial charge < -0.3 is 15.5 Å². The van der Waals surface area contributed by atoms with Crippen molar-refractivity contribution < 1.29 is 14.4 Å². The summed E-state index contributed by atoms with van der Waals surface area (Å²) in [6, 6.07) is 10.6. The number of aryl methyl sites for hydroxylation is 4. The van der Waals surface area contributed by atoms with Gasteiger partial charge in [0, 0.05) is 18.3 Å². The van der Waals surface area contributed by atoms with Crippen molar-refractivity contribution in [2.24, 2.45) is 5.92 Å². The molecule has 0 heterocycles. The zero-order valence-corrected chi connectivity index (χ0v) is 20.2. The van der Waals surface area contributed by atoms with Gasteiger partial charge in [0.1, 0.15) is 6.04 Å². The summed E-state index contributed by atoms with van der Waals surface area (Å²) in [5, 5.41) is 5.80. The van der Waals surface area contributed by atoms with Gasteiger partial charge in [0.2, 0.25) is 11.8 Å². The van der Waals surface area contributed by atoms with Gasteiger partial charge in [-0.15, -0.1) is 0 Å². The van der Waals surface area contributed by atoms with Crippen LogP contribution in [0.25, 0.3) is 0 Å². The topological polar surface area (TPSA) is 78.5 Å². The second-order valence-electron chi connectivity index (χ2n) is 8.99. The van der Waals surface area contributed by atoms with Crippen LogP contribution in [-0.2, 0) is 9.59 Å². The standard InChI is InChI=1S/C26H35N3O3/c1-16(2)12-22(27-25(31)21-11-9-8-10-18(21)4)26(32)29(7)15-23(30)28-24-19(5)13-17(3)14-20(24)6/h8-11,13-14,16,22H,12,15H2,1-7H3,(H,27,31)(H,28,30). The monoisotopic (exact) mass is 437 g/mol. The van der Waals surface area contributed by atoms with E-state index in [2.05, 4.69) is 10.6 Å². The van der Waals surface area contributed by atoms with E-state index < -0.39 is 6.04 Å². The zero-order valence-electron chi connectivity index (χ0n) is 20.2. The minimum absolute atomic E-state index is 0.0968. The average Bonchev–Trinajstić information content (AvgIpc) is 2.69. The van der Waals surface area contributed by atoms with Crippen LogP contribution >= 0.6 is 0 Å². The van der Waals surface area contributed by atoms with Crippen LogP contribution in [0.2, 0.25) is 0 Å². The van der Waals surface area contributed by atoms with Gasteiger partial charge in [0.05, 0.1) is 6.54 Å². The van der Waals surface area contributed by atoms with Crippen LogP contribution in [0.15, 0.2) is 36.4 Å². The molecule has 1 unspecified atom stereocenters. The maximum Gasteiger partial charge on any atom is 0.252 e. The molecule has 0 aromatic heterocycles. The lowest BCUT2D eigenvalue weighted by Gasteiger charge is -2.26. The highest BCUT2D eigenvalue weighted by atomic mass is 16.2. The third kappa shape index (κ3) is 6.67. The molecule has 6 nitrogen and oxygen atoms in total. The van der Waals surface area contributed by atoms with Crippen molar-refractivity contribution in [3.8, 4) is 0 Å². The smallest absolute Gasteiger partial charge is 0.252 e. The Morgan fingerprint density at radius 1 is 0.938 bits per heavy atom. The average molecular weight is 438 g/mol. The molecule has 0 fully saturated rings. The van der Waals surface area contributed by atoms with E-state index in [1.807, 2.05) is 65.8 Å². The van der Waals surface area contributed by atoms with E-state index in [0.29, 0.717) is 12.0 Å². The molecule has 2 rings (SSSR count). The minimum atomic E-state index is -0.706. The number of hydrogen-bond donors (Lipinski definition) is 2. The molecule has 2 aromatic rings. The summed E-state index contributed by atoms with van der Waals surface area (Å²) in [5.74, 6) is -0.648. The highest BCUT2D eigenvalue weighted by molar-refractivity contribution is 6.00. The third-order valence-electron chi connectivity index (χ3n) is 5.40. The number of benzene rings is 2. The molecule has 0 aliphatic rings. The second kappa shape index (κ2) is 10.9. The maximum absolute atomic E-state index is 13.1. The number of nitrogens with one attached hydrogen (secondary N) is 2. The first-order valence-electron chi connectivity index (χ1n) is 11.0. The molecule has 0 saturated carbocycles. The lowest BCUT2D eigenvalue weighted by Crippen LogP contribution is -2.49. The highest BCUT2D eigenvalue weighted by Gasteiger charge is 2.27. The summed E-state index contributed by atoms with van der Waals surface area (Å²) in [7, 11) is 1.59. The SMILES string of the molecule is Cc1cc(C)c(NC(=O)CN(C)C(=O)C(CC(C)C)NC(=O)c2ccccc2C)c(C)c1. The van der Waals surface area contributed by atoms with E-state index in [-0.39, 0.29) is 30.2 Å². The van der Waals surface area contributed by atoms with Crippen LogP contribution in [0.1, 0.15) is 52.9 Å². The van der Waals surface area contributed by atoms with Gasteiger partial charge in [-0.05, 0) is 62.8 Å². The van der Waals surface area contributed by atoms with Crippen molar-refractivity contribution in [3.63, 3.8) is 0 Å². The molecule has 172 valence electrons. The van der Waals surface area contributed by atoms with Crippen LogP contribution in [0, 0.1) is 33.6 Å². The third-order valence-corrected chi connectivity index (χ3v) is 5.40. The molecular weight excluding hydrogens is 402 g/mol. The Morgan fingerprint density at radius 3 is 2.09 bits per heavy atom. The number of anilines is 1. The summed E-state index contributed by atoms with van der Waals surface area (Å²) < 4.78 is 0. The van der Waals surface area contributed by atoms with Crippen LogP contribution in [-0.4, -0.2) is 42.3 Å². The Kier molecular flexibility index (Phi) is 8.58. The lowest BCUT2D eigenvalue weighted by atomic mass is 10.0. The molecule has 0 spiro atoms. The van der Waals surface area contributed by atoms with Crippen LogP contribution in [0.3, 0.4) is 0 Å². The Morgan fingerprint density at radius 2 is 1.53 bits per heavy atom. The van der Waals surface area contributed by atoms with Gasteiger partial charge in [-0.1, -0.05) is 49.7 Å². The molecule has 0 saturated heterocycles. The van der Waals surface area contributed by atoms with E-state index >= 15 is 0 Å². The van der Waals surface area contributed by atoms with Gasteiger partial charge in [0.15, 0.2) is 0 Å². The molecular formula is C26H35N3O3. The molecule has 0 aliphatic heterocycles. The first-order chi connectivity index (χ1) is 15.0. The zero-order chi connectivity index (χ0) is 24.0. The number of rotatable bonds is 8.